The first kappa shape index (κ1) is 19.5. The Morgan fingerprint density at radius 3 is 2.63 bits per heavy atom. The molecule has 2 fully saturated rings. The Morgan fingerprint density at radius 2 is 1.90 bits per heavy atom. The Bertz CT molecular complexity index is 1060. The van der Waals surface area contributed by atoms with Crippen molar-refractivity contribution in [2.24, 2.45) is 0 Å². The molecular formula is C24H28N4OS. The number of amides is 1. The van der Waals surface area contributed by atoms with Gasteiger partial charge < -0.3 is 16.4 Å². The summed E-state index contributed by atoms with van der Waals surface area (Å²) in [6.07, 6.45) is 6.00. The number of fused-ring (bicyclic) bond motifs is 3. The average Bonchev–Trinajstić information content (AvgIpc) is 3.26. The van der Waals surface area contributed by atoms with Crippen LogP contribution in [0.15, 0.2) is 36.4 Å². The number of aryl methyl sites for hydroxylation is 1. The molecule has 156 valence electrons. The van der Waals surface area contributed by atoms with E-state index in [1.807, 2.05) is 19.1 Å². The summed E-state index contributed by atoms with van der Waals surface area (Å²) >= 11 is 1.36. The number of nitrogens with two attached hydrogens (primary N) is 1. The molecular weight excluding hydrogens is 392 g/mol. The molecule has 4 N–H and O–H groups in total. The van der Waals surface area contributed by atoms with Gasteiger partial charge in [-0.1, -0.05) is 24.3 Å². The molecule has 0 spiro atoms. The van der Waals surface area contributed by atoms with Crippen LogP contribution in [0.2, 0.25) is 0 Å². The highest BCUT2D eigenvalue weighted by Gasteiger charge is 2.33. The number of pyridine rings is 1. The highest BCUT2D eigenvalue weighted by molar-refractivity contribution is 7.21. The summed E-state index contributed by atoms with van der Waals surface area (Å²) in [5.41, 5.74) is 10.4. The summed E-state index contributed by atoms with van der Waals surface area (Å²) in [6.45, 7) is 2.53. The maximum atomic E-state index is 12.6. The Kier molecular flexibility index (Phi) is 5.21. The van der Waals surface area contributed by atoms with Crippen LogP contribution in [-0.2, 0) is 6.42 Å². The van der Waals surface area contributed by atoms with Crippen molar-refractivity contribution in [1.82, 2.24) is 15.6 Å². The van der Waals surface area contributed by atoms with Crippen molar-refractivity contribution in [2.75, 3.05) is 12.3 Å². The number of anilines is 1. The number of aromatic nitrogens is 1. The van der Waals surface area contributed by atoms with Crippen molar-refractivity contribution in [3.8, 4) is 0 Å². The van der Waals surface area contributed by atoms with E-state index in [2.05, 4.69) is 39.9 Å². The van der Waals surface area contributed by atoms with E-state index in [1.165, 1.54) is 48.1 Å². The Balaban J connectivity index is 1.18. The molecule has 5 rings (SSSR count). The molecule has 5 nitrogen and oxygen atoms in total. The quantitative estimate of drug-likeness (QED) is 0.579. The molecule has 30 heavy (non-hydrogen) atoms. The molecule has 2 aliphatic rings. The summed E-state index contributed by atoms with van der Waals surface area (Å²) in [5, 5.41) is 7.59. The van der Waals surface area contributed by atoms with Crippen LogP contribution in [0.3, 0.4) is 0 Å². The predicted octanol–water partition coefficient (Wildman–Crippen LogP) is 4.16. The van der Waals surface area contributed by atoms with E-state index in [0.717, 1.165) is 22.3 Å². The third kappa shape index (κ3) is 3.82. The van der Waals surface area contributed by atoms with Crippen molar-refractivity contribution in [3.63, 3.8) is 0 Å². The van der Waals surface area contributed by atoms with Gasteiger partial charge in [0, 0.05) is 29.7 Å². The van der Waals surface area contributed by atoms with Crippen LogP contribution in [0.25, 0.3) is 10.2 Å². The zero-order valence-electron chi connectivity index (χ0n) is 17.3. The van der Waals surface area contributed by atoms with Crippen LogP contribution in [-0.4, -0.2) is 29.5 Å². The van der Waals surface area contributed by atoms with Crippen LogP contribution in [0.5, 0.6) is 0 Å². The molecule has 2 aliphatic heterocycles. The lowest BCUT2D eigenvalue weighted by molar-refractivity contribution is 0.0959. The Labute approximate surface area is 181 Å². The zero-order chi connectivity index (χ0) is 20.7. The van der Waals surface area contributed by atoms with E-state index in [-0.39, 0.29) is 5.91 Å². The molecule has 0 aliphatic carbocycles. The van der Waals surface area contributed by atoms with Gasteiger partial charge in [0.25, 0.3) is 5.91 Å². The molecule has 4 heterocycles. The van der Waals surface area contributed by atoms with Crippen molar-refractivity contribution in [1.29, 1.82) is 0 Å². The minimum absolute atomic E-state index is 0.116. The third-order valence-electron chi connectivity index (χ3n) is 6.56. The van der Waals surface area contributed by atoms with Gasteiger partial charge in [0.1, 0.15) is 9.71 Å². The van der Waals surface area contributed by atoms with Gasteiger partial charge in [0.15, 0.2) is 0 Å². The largest absolute Gasteiger partial charge is 0.397 e. The lowest BCUT2D eigenvalue weighted by atomic mass is 9.86. The SMILES string of the molecule is Cc1ccc2c(N)c(C(=O)NCCc3ccc(C4CC5CCC(C4)N5)cc3)sc2n1. The molecule has 1 aromatic carbocycles. The molecule has 0 saturated carbocycles. The first-order chi connectivity index (χ1) is 14.6. The number of nitrogens with one attached hydrogen (secondary N) is 2. The second-order valence-electron chi connectivity index (χ2n) is 8.70. The number of benzene rings is 1. The molecule has 3 aromatic rings. The van der Waals surface area contributed by atoms with Gasteiger partial charge in [-0.2, -0.15) is 0 Å². The average molecular weight is 421 g/mol. The van der Waals surface area contributed by atoms with Gasteiger partial charge in [0.05, 0.1) is 5.69 Å². The summed E-state index contributed by atoms with van der Waals surface area (Å²) < 4.78 is 0. The Hall–Kier alpha value is -2.44. The topological polar surface area (TPSA) is 80.0 Å². The van der Waals surface area contributed by atoms with Gasteiger partial charge in [-0.05, 0) is 68.2 Å². The van der Waals surface area contributed by atoms with Crippen molar-refractivity contribution in [3.05, 3.63) is 58.1 Å². The van der Waals surface area contributed by atoms with Crippen molar-refractivity contribution < 1.29 is 4.79 Å². The van der Waals surface area contributed by atoms with Gasteiger partial charge in [-0.15, -0.1) is 11.3 Å². The normalized spacial score (nSPS) is 23.0. The van der Waals surface area contributed by atoms with Gasteiger partial charge in [0.2, 0.25) is 0 Å². The van der Waals surface area contributed by atoms with Crippen LogP contribution >= 0.6 is 11.3 Å². The molecule has 2 atom stereocenters. The van der Waals surface area contributed by atoms with Crippen LogP contribution < -0.4 is 16.4 Å². The van der Waals surface area contributed by atoms with E-state index in [4.69, 9.17) is 5.73 Å². The zero-order valence-corrected chi connectivity index (χ0v) is 18.1. The number of nitrogens with zero attached hydrogens (tertiary/aromatic N) is 1. The fraction of sp³-hybridized carbons (Fsp3) is 0.417. The van der Waals surface area contributed by atoms with E-state index in [0.29, 0.717) is 35.1 Å². The van der Waals surface area contributed by atoms with Crippen LogP contribution in [0.1, 0.15) is 58.1 Å². The lowest BCUT2D eigenvalue weighted by Crippen LogP contribution is -2.37. The number of hydrogen-bond donors (Lipinski definition) is 3. The molecule has 2 aromatic heterocycles. The fourth-order valence-electron chi connectivity index (χ4n) is 4.94. The molecule has 2 unspecified atom stereocenters. The second kappa shape index (κ2) is 8.00. The third-order valence-corrected chi connectivity index (χ3v) is 7.68. The van der Waals surface area contributed by atoms with E-state index >= 15 is 0 Å². The maximum absolute atomic E-state index is 12.6. The standard InChI is InChI=1S/C24H28N4OS/c1-14-2-9-20-21(25)22(30-24(20)27-14)23(29)26-11-10-15-3-5-16(6-4-15)17-12-18-7-8-19(13-17)28-18/h2-6,9,17-19,28H,7-8,10-13,25H2,1H3,(H,26,29). The van der Waals surface area contributed by atoms with Crippen LogP contribution in [0, 0.1) is 6.92 Å². The molecule has 1 amide bonds. The highest BCUT2D eigenvalue weighted by Crippen LogP contribution is 2.37. The van der Waals surface area contributed by atoms with Crippen molar-refractivity contribution in [2.45, 2.75) is 57.0 Å². The minimum atomic E-state index is -0.116. The predicted molar refractivity (Wildman–Crippen MR) is 123 cm³/mol. The van der Waals surface area contributed by atoms with Gasteiger partial charge in [-0.25, -0.2) is 4.98 Å². The summed E-state index contributed by atoms with van der Waals surface area (Å²) in [7, 11) is 0. The Morgan fingerprint density at radius 1 is 1.17 bits per heavy atom. The summed E-state index contributed by atoms with van der Waals surface area (Å²) in [4.78, 5) is 18.5. The van der Waals surface area contributed by atoms with E-state index in [9.17, 15) is 4.79 Å². The maximum Gasteiger partial charge on any atom is 0.263 e. The van der Waals surface area contributed by atoms with Gasteiger partial charge >= 0.3 is 0 Å². The van der Waals surface area contributed by atoms with Crippen LogP contribution in [0.4, 0.5) is 5.69 Å². The molecule has 2 saturated heterocycles. The lowest BCUT2D eigenvalue weighted by Gasteiger charge is -2.29. The number of piperidine rings is 1. The van der Waals surface area contributed by atoms with Crippen molar-refractivity contribution >= 4 is 33.1 Å². The first-order valence-corrected chi connectivity index (χ1v) is 11.7. The van der Waals surface area contributed by atoms with E-state index in [1.54, 1.807) is 0 Å². The molecule has 2 bridgehead atoms. The number of nitrogen functional groups attached to an aromatic ring is 1. The number of carbonyl (C=O) groups excluding carboxylic acids is 1. The number of rotatable bonds is 5. The minimum Gasteiger partial charge on any atom is -0.397 e. The molecule has 0 radical (unpaired) electrons. The number of carbonyl (C=O) groups is 1. The van der Waals surface area contributed by atoms with E-state index < -0.39 is 0 Å². The summed E-state index contributed by atoms with van der Waals surface area (Å²) in [6, 6.07) is 14.3. The monoisotopic (exact) mass is 420 g/mol. The number of hydrogen-bond acceptors (Lipinski definition) is 5. The number of thiophene rings is 1. The second-order valence-corrected chi connectivity index (χ2v) is 9.70. The smallest absolute Gasteiger partial charge is 0.263 e. The summed E-state index contributed by atoms with van der Waals surface area (Å²) in [5.74, 6) is 0.570. The first-order valence-electron chi connectivity index (χ1n) is 10.9. The highest BCUT2D eigenvalue weighted by atomic mass is 32.1. The fourth-order valence-corrected chi connectivity index (χ4v) is 6.00. The molecule has 6 heteroatoms. The van der Waals surface area contributed by atoms with Gasteiger partial charge in [-0.3, -0.25) is 4.79 Å².